The topological polar surface area (TPSA) is 58.2 Å². The predicted molar refractivity (Wildman–Crippen MR) is 89.6 cm³/mol. The molecule has 0 aliphatic heterocycles. The maximum absolute atomic E-state index is 12.8. The molecule has 6 heteroatoms. The van der Waals surface area contributed by atoms with Gasteiger partial charge in [-0.15, -0.1) is 0 Å². The number of hydrogen-bond acceptors (Lipinski definition) is 2. The van der Waals surface area contributed by atoms with Crippen molar-refractivity contribution in [1.29, 1.82) is 0 Å². The number of carbonyl (C=O) groups is 2. The summed E-state index contributed by atoms with van der Waals surface area (Å²) >= 11 is 3.29. The van der Waals surface area contributed by atoms with Gasteiger partial charge in [0.05, 0.1) is 12.1 Å². The number of carbonyl (C=O) groups excluding carboxylic acids is 2. The van der Waals surface area contributed by atoms with Gasteiger partial charge in [-0.1, -0.05) is 24.3 Å². The quantitative estimate of drug-likeness (QED) is 0.811. The first-order valence-electron chi connectivity index (χ1n) is 7.10. The second-order valence-electron chi connectivity index (χ2n) is 4.89. The molecule has 2 rings (SSSR count). The molecule has 0 bridgehead atoms. The van der Waals surface area contributed by atoms with Gasteiger partial charge in [0.15, 0.2) is 0 Å². The molecule has 4 nitrogen and oxygen atoms in total. The Morgan fingerprint density at radius 1 is 1.00 bits per heavy atom. The van der Waals surface area contributed by atoms with Crippen LogP contribution in [0.2, 0.25) is 0 Å². The zero-order valence-electron chi connectivity index (χ0n) is 12.3. The number of rotatable bonds is 6. The van der Waals surface area contributed by atoms with Crippen molar-refractivity contribution in [3.63, 3.8) is 0 Å². The Hall–Kier alpha value is -2.21. The Labute approximate surface area is 142 Å². The van der Waals surface area contributed by atoms with Crippen LogP contribution in [-0.2, 0) is 11.2 Å². The maximum atomic E-state index is 12.8. The first-order valence-corrected chi connectivity index (χ1v) is 7.89. The van der Waals surface area contributed by atoms with Gasteiger partial charge in [0.25, 0.3) is 5.91 Å². The highest BCUT2D eigenvalue weighted by Gasteiger charge is 2.10. The van der Waals surface area contributed by atoms with E-state index in [4.69, 9.17) is 0 Å². The molecular weight excluding hydrogens is 363 g/mol. The lowest BCUT2D eigenvalue weighted by Gasteiger charge is -2.08. The Balaban J connectivity index is 1.72. The van der Waals surface area contributed by atoms with Crippen molar-refractivity contribution in [3.05, 3.63) is 69.9 Å². The van der Waals surface area contributed by atoms with Gasteiger partial charge < -0.3 is 10.6 Å². The Morgan fingerprint density at radius 3 is 2.39 bits per heavy atom. The smallest absolute Gasteiger partial charge is 0.252 e. The highest BCUT2D eigenvalue weighted by molar-refractivity contribution is 9.10. The SMILES string of the molecule is O=C(CNC(=O)c1ccccc1Br)NCCc1ccc(F)cc1. The fourth-order valence-electron chi connectivity index (χ4n) is 1.96. The van der Waals surface area contributed by atoms with E-state index in [2.05, 4.69) is 26.6 Å². The summed E-state index contributed by atoms with van der Waals surface area (Å²) in [5, 5.41) is 5.27. The lowest BCUT2D eigenvalue weighted by Crippen LogP contribution is -2.37. The molecule has 0 saturated carbocycles. The maximum Gasteiger partial charge on any atom is 0.252 e. The fraction of sp³-hybridized carbons (Fsp3) is 0.176. The molecule has 0 saturated heterocycles. The third-order valence-corrected chi connectivity index (χ3v) is 3.87. The first-order chi connectivity index (χ1) is 11.1. The zero-order chi connectivity index (χ0) is 16.7. The third kappa shape index (κ3) is 5.49. The summed E-state index contributed by atoms with van der Waals surface area (Å²) in [6, 6.07) is 13.1. The monoisotopic (exact) mass is 378 g/mol. The van der Waals surface area contributed by atoms with Crippen LogP contribution in [0.25, 0.3) is 0 Å². The summed E-state index contributed by atoms with van der Waals surface area (Å²) in [5.74, 6) is -0.869. The van der Waals surface area contributed by atoms with Crippen LogP contribution in [0, 0.1) is 5.82 Å². The van der Waals surface area contributed by atoms with Gasteiger partial charge in [-0.25, -0.2) is 4.39 Å². The van der Waals surface area contributed by atoms with E-state index >= 15 is 0 Å². The highest BCUT2D eigenvalue weighted by atomic mass is 79.9. The van der Waals surface area contributed by atoms with Gasteiger partial charge in [-0.2, -0.15) is 0 Å². The van der Waals surface area contributed by atoms with E-state index < -0.39 is 0 Å². The summed E-state index contributed by atoms with van der Waals surface area (Å²) in [6.07, 6.45) is 0.601. The number of benzene rings is 2. The van der Waals surface area contributed by atoms with Crippen molar-refractivity contribution in [2.45, 2.75) is 6.42 Å². The fourth-order valence-corrected chi connectivity index (χ4v) is 2.43. The molecule has 0 spiro atoms. The van der Waals surface area contributed by atoms with Crippen molar-refractivity contribution >= 4 is 27.7 Å². The van der Waals surface area contributed by atoms with Gasteiger partial charge in [-0.05, 0) is 52.2 Å². The van der Waals surface area contributed by atoms with Crippen LogP contribution in [0.1, 0.15) is 15.9 Å². The molecule has 0 unspecified atom stereocenters. The van der Waals surface area contributed by atoms with Crippen LogP contribution < -0.4 is 10.6 Å². The van der Waals surface area contributed by atoms with Crippen LogP contribution in [0.3, 0.4) is 0 Å². The average Bonchev–Trinajstić information content (AvgIpc) is 2.55. The van der Waals surface area contributed by atoms with E-state index in [1.165, 1.54) is 12.1 Å². The molecule has 2 N–H and O–H groups in total. The Kier molecular flexibility index (Phi) is 6.29. The number of hydrogen-bond donors (Lipinski definition) is 2. The molecule has 0 aromatic heterocycles. The van der Waals surface area contributed by atoms with Gasteiger partial charge in [0.1, 0.15) is 5.82 Å². The summed E-state index contributed by atoms with van der Waals surface area (Å²) < 4.78 is 13.4. The van der Waals surface area contributed by atoms with E-state index in [0.29, 0.717) is 23.0 Å². The second kappa shape index (κ2) is 8.43. The minimum atomic E-state index is -0.314. The van der Waals surface area contributed by atoms with E-state index in [9.17, 15) is 14.0 Å². The van der Waals surface area contributed by atoms with E-state index in [1.54, 1.807) is 30.3 Å². The van der Waals surface area contributed by atoms with Crippen LogP contribution in [-0.4, -0.2) is 24.9 Å². The molecule has 0 atom stereocenters. The van der Waals surface area contributed by atoms with E-state index in [1.807, 2.05) is 6.07 Å². The third-order valence-electron chi connectivity index (χ3n) is 3.18. The molecule has 0 fully saturated rings. The largest absolute Gasteiger partial charge is 0.354 e. The van der Waals surface area contributed by atoms with Crippen LogP contribution in [0.5, 0.6) is 0 Å². The highest BCUT2D eigenvalue weighted by Crippen LogP contribution is 2.15. The molecule has 2 aromatic carbocycles. The number of amides is 2. The molecule has 23 heavy (non-hydrogen) atoms. The van der Waals surface area contributed by atoms with Crippen molar-refractivity contribution in [1.82, 2.24) is 10.6 Å². The molecule has 120 valence electrons. The van der Waals surface area contributed by atoms with Gasteiger partial charge in [0, 0.05) is 11.0 Å². The van der Waals surface area contributed by atoms with Crippen molar-refractivity contribution in [3.8, 4) is 0 Å². The minimum absolute atomic E-state index is 0.0937. The molecule has 0 radical (unpaired) electrons. The Bertz CT molecular complexity index is 689. The molecule has 0 aliphatic carbocycles. The van der Waals surface area contributed by atoms with E-state index in [-0.39, 0.29) is 24.2 Å². The molecule has 0 heterocycles. The lowest BCUT2D eigenvalue weighted by atomic mass is 10.1. The number of nitrogens with one attached hydrogen (secondary N) is 2. The summed E-state index contributed by atoms with van der Waals surface area (Å²) in [6.45, 7) is 0.332. The van der Waals surface area contributed by atoms with E-state index in [0.717, 1.165) is 5.56 Å². The molecule has 2 aromatic rings. The standard InChI is InChI=1S/C17H16BrFN2O2/c18-15-4-2-1-3-14(15)17(23)21-11-16(22)20-10-9-12-5-7-13(19)8-6-12/h1-8H,9-11H2,(H,20,22)(H,21,23). The Morgan fingerprint density at radius 2 is 1.70 bits per heavy atom. The van der Waals surface area contributed by atoms with Gasteiger partial charge in [-0.3, -0.25) is 9.59 Å². The zero-order valence-corrected chi connectivity index (χ0v) is 13.9. The second-order valence-corrected chi connectivity index (χ2v) is 5.74. The summed E-state index contributed by atoms with van der Waals surface area (Å²) in [4.78, 5) is 23.7. The van der Waals surface area contributed by atoms with Gasteiger partial charge in [0.2, 0.25) is 5.91 Å². The van der Waals surface area contributed by atoms with Crippen LogP contribution in [0.4, 0.5) is 4.39 Å². The molecular formula is C17H16BrFN2O2. The number of halogens is 2. The molecule has 2 amide bonds. The summed E-state index contributed by atoms with van der Waals surface area (Å²) in [7, 11) is 0. The van der Waals surface area contributed by atoms with Crippen LogP contribution >= 0.6 is 15.9 Å². The minimum Gasteiger partial charge on any atom is -0.354 e. The predicted octanol–water partition coefficient (Wildman–Crippen LogP) is 2.68. The van der Waals surface area contributed by atoms with Crippen molar-refractivity contribution in [2.24, 2.45) is 0 Å². The van der Waals surface area contributed by atoms with Crippen LogP contribution in [0.15, 0.2) is 53.0 Å². The first kappa shape index (κ1) is 17.1. The normalized spacial score (nSPS) is 10.2. The summed E-state index contributed by atoms with van der Waals surface area (Å²) in [5.41, 5.74) is 1.41. The van der Waals surface area contributed by atoms with Crippen molar-refractivity contribution in [2.75, 3.05) is 13.1 Å². The van der Waals surface area contributed by atoms with Crippen molar-refractivity contribution < 1.29 is 14.0 Å². The van der Waals surface area contributed by atoms with Gasteiger partial charge >= 0.3 is 0 Å². The average molecular weight is 379 g/mol. The molecule has 0 aliphatic rings. The lowest BCUT2D eigenvalue weighted by molar-refractivity contribution is -0.120.